The Hall–Kier alpha value is -2.14. The molecule has 1 amide bonds. The van der Waals surface area contributed by atoms with Gasteiger partial charge in [0, 0.05) is 31.9 Å². The Morgan fingerprint density at radius 3 is 2.71 bits per heavy atom. The minimum Gasteiger partial charge on any atom is -0.382 e. The summed E-state index contributed by atoms with van der Waals surface area (Å²) in [4.78, 5) is 12.0. The SMILES string of the molecule is CCOCCCNC(=O)CCc1c(C)nn(-c2ccccc2)c1C. The number of ether oxygens (including phenoxy) is 1. The molecule has 0 fully saturated rings. The van der Waals surface area contributed by atoms with E-state index in [4.69, 9.17) is 4.74 Å². The van der Waals surface area contributed by atoms with Crippen LogP contribution in [-0.2, 0) is 16.0 Å². The van der Waals surface area contributed by atoms with E-state index in [1.54, 1.807) is 0 Å². The van der Waals surface area contributed by atoms with Crippen LogP contribution in [-0.4, -0.2) is 35.4 Å². The number of rotatable bonds is 9. The topological polar surface area (TPSA) is 56.1 Å². The van der Waals surface area contributed by atoms with Crippen molar-refractivity contribution in [2.24, 2.45) is 0 Å². The van der Waals surface area contributed by atoms with Gasteiger partial charge in [-0.25, -0.2) is 4.68 Å². The Balaban J connectivity index is 1.89. The number of nitrogens with zero attached hydrogens (tertiary/aromatic N) is 2. The van der Waals surface area contributed by atoms with Gasteiger partial charge in [-0.15, -0.1) is 0 Å². The molecule has 0 saturated carbocycles. The summed E-state index contributed by atoms with van der Waals surface area (Å²) in [6.07, 6.45) is 2.04. The molecule has 5 nitrogen and oxygen atoms in total. The van der Waals surface area contributed by atoms with E-state index in [1.165, 1.54) is 0 Å². The van der Waals surface area contributed by atoms with Crippen molar-refractivity contribution in [1.29, 1.82) is 0 Å². The van der Waals surface area contributed by atoms with E-state index in [2.05, 4.69) is 17.3 Å². The molecule has 0 saturated heterocycles. The van der Waals surface area contributed by atoms with Crippen LogP contribution >= 0.6 is 0 Å². The molecular formula is C19H27N3O2. The van der Waals surface area contributed by atoms with Crippen molar-refractivity contribution in [3.8, 4) is 5.69 Å². The third-order valence-corrected chi connectivity index (χ3v) is 4.04. The quantitative estimate of drug-likeness (QED) is 0.720. The third-order valence-electron chi connectivity index (χ3n) is 4.04. The van der Waals surface area contributed by atoms with Crippen molar-refractivity contribution in [3.63, 3.8) is 0 Å². The maximum absolute atomic E-state index is 12.0. The number of para-hydroxylation sites is 1. The molecule has 130 valence electrons. The zero-order valence-corrected chi connectivity index (χ0v) is 14.8. The Kier molecular flexibility index (Phi) is 7.00. The predicted octanol–water partition coefficient (Wildman–Crippen LogP) is 2.96. The lowest BCUT2D eigenvalue weighted by molar-refractivity contribution is -0.121. The van der Waals surface area contributed by atoms with E-state index in [1.807, 2.05) is 48.9 Å². The second-order valence-corrected chi connectivity index (χ2v) is 5.80. The Labute approximate surface area is 144 Å². The smallest absolute Gasteiger partial charge is 0.220 e. The van der Waals surface area contributed by atoms with Crippen molar-refractivity contribution >= 4 is 5.91 Å². The monoisotopic (exact) mass is 329 g/mol. The highest BCUT2D eigenvalue weighted by atomic mass is 16.5. The first kappa shape index (κ1) is 18.2. The zero-order chi connectivity index (χ0) is 17.4. The van der Waals surface area contributed by atoms with Gasteiger partial charge in [-0.1, -0.05) is 18.2 Å². The van der Waals surface area contributed by atoms with Gasteiger partial charge in [0.25, 0.3) is 0 Å². The first-order chi connectivity index (χ1) is 11.6. The molecule has 0 unspecified atom stereocenters. The average molecular weight is 329 g/mol. The highest BCUT2D eigenvalue weighted by Crippen LogP contribution is 2.19. The molecule has 2 rings (SSSR count). The number of nitrogens with one attached hydrogen (secondary N) is 1. The number of carbonyl (C=O) groups excluding carboxylic acids is 1. The number of carbonyl (C=O) groups is 1. The first-order valence-electron chi connectivity index (χ1n) is 8.58. The van der Waals surface area contributed by atoms with Crippen molar-refractivity contribution in [1.82, 2.24) is 15.1 Å². The minimum absolute atomic E-state index is 0.0813. The standard InChI is InChI=1S/C19H27N3O2/c1-4-24-14-8-13-20-19(23)12-11-18-15(2)21-22(16(18)3)17-9-6-5-7-10-17/h5-7,9-10H,4,8,11-14H2,1-3H3,(H,20,23). The highest BCUT2D eigenvalue weighted by Gasteiger charge is 2.13. The molecule has 24 heavy (non-hydrogen) atoms. The van der Waals surface area contributed by atoms with Crippen LogP contribution in [0.1, 0.15) is 36.7 Å². The summed E-state index contributed by atoms with van der Waals surface area (Å²) in [5, 5.41) is 7.57. The van der Waals surface area contributed by atoms with Crippen LogP contribution in [0.15, 0.2) is 30.3 Å². The fourth-order valence-corrected chi connectivity index (χ4v) is 2.73. The summed E-state index contributed by atoms with van der Waals surface area (Å²) in [6.45, 7) is 8.11. The van der Waals surface area contributed by atoms with Crippen LogP contribution in [0.25, 0.3) is 5.69 Å². The van der Waals surface area contributed by atoms with Crippen LogP contribution < -0.4 is 5.32 Å². The second kappa shape index (κ2) is 9.23. The van der Waals surface area contributed by atoms with E-state index in [9.17, 15) is 4.79 Å². The fourth-order valence-electron chi connectivity index (χ4n) is 2.73. The summed E-state index contributed by atoms with van der Waals surface area (Å²) < 4.78 is 7.21. The molecule has 2 aromatic rings. The number of amides is 1. The van der Waals surface area contributed by atoms with Gasteiger partial charge in [0.05, 0.1) is 11.4 Å². The third kappa shape index (κ3) is 4.93. The zero-order valence-electron chi connectivity index (χ0n) is 14.8. The Morgan fingerprint density at radius 1 is 1.25 bits per heavy atom. The Bertz CT molecular complexity index is 650. The van der Waals surface area contributed by atoms with Gasteiger partial charge in [-0.3, -0.25) is 4.79 Å². The normalized spacial score (nSPS) is 10.8. The molecule has 0 aliphatic heterocycles. The number of aryl methyl sites for hydroxylation is 1. The number of aromatic nitrogens is 2. The summed E-state index contributed by atoms with van der Waals surface area (Å²) in [5.74, 6) is 0.0813. The van der Waals surface area contributed by atoms with Crippen LogP contribution in [0.5, 0.6) is 0 Å². The van der Waals surface area contributed by atoms with Gasteiger partial charge in [0.15, 0.2) is 0 Å². The molecule has 1 aromatic carbocycles. The fraction of sp³-hybridized carbons (Fsp3) is 0.474. The molecule has 1 heterocycles. The van der Waals surface area contributed by atoms with E-state index in [0.717, 1.165) is 35.7 Å². The molecule has 0 aliphatic rings. The van der Waals surface area contributed by atoms with E-state index >= 15 is 0 Å². The lowest BCUT2D eigenvalue weighted by atomic mass is 10.1. The van der Waals surface area contributed by atoms with Crippen molar-refractivity contribution in [2.45, 2.75) is 40.0 Å². The van der Waals surface area contributed by atoms with Crippen LogP contribution in [0.4, 0.5) is 0 Å². The van der Waals surface area contributed by atoms with Gasteiger partial charge < -0.3 is 10.1 Å². The number of hydrogen-bond acceptors (Lipinski definition) is 3. The molecule has 5 heteroatoms. The van der Waals surface area contributed by atoms with Crippen LogP contribution in [0, 0.1) is 13.8 Å². The van der Waals surface area contributed by atoms with Crippen molar-refractivity contribution in [3.05, 3.63) is 47.3 Å². The van der Waals surface area contributed by atoms with E-state index in [-0.39, 0.29) is 5.91 Å². The van der Waals surface area contributed by atoms with Gasteiger partial charge >= 0.3 is 0 Å². The summed E-state index contributed by atoms with van der Waals surface area (Å²) in [5.41, 5.74) is 4.29. The maximum atomic E-state index is 12.0. The first-order valence-corrected chi connectivity index (χ1v) is 8.58. The molecule has 0 aliphatic carbocycles. The molecule has 1 aromatic heterocycles. The number of hydrogen-bond donors (Lipinski definition) is 1. The lowest BCUT2D eigenvalue weighted by Crippen LogP contribution is -2.25. The van der Waals surface area contributed by atoms with E-state index < -0.39 is 0 Å². The van der Waals surface area contributed by atoms with Crippen molar-refractivity contribution in [2.75, 3.05) is 19.8 Å². The van der Waals surface area contributed by atoms with Gasteiger partial charge in [0.1, 0.15) is 0 Å². The van der Waals surface area contributed by atoms with Crippen LogP contribution in [0.2, 0.25) is 0 Å². The second-order valence-electron chi connectivity index (χ2n) is 5.80. The van der Waals surface area contributed by atoms with Gasteiger partial charge in [0.2, 0.25) is 5.91 Å². The Morgan fingerprint density at radius 2 is 2.00 bits per heavy atom. The van der Waals surface area contributed by atoms with Crippen molar-refractivity contribution < 1.29 is 9.53 Å². The molecule has 0 atom stereocenters. The molecule has 1 N–H and O–H groups in total. The predicted molar refractivity (Wildman–Crippen MR) is 95.5 cm³/mol. The minimum atomic E-state index is 0.0813. The lowest BCUT2D eigenvalue weighted by Gasteiger charge is -2.07. The molecule has 0 bridgehead atoms. The molecular weight excluding hydrogens is 302 g/mol. The number of benzene rings is 1. The maximum Gasteiger partial charge on any atom is 0.220 e. The van der Waals surface area contributed by atoms with Gasteiger partial charge in [-0.05, 0) is 51.3 Å². The van der Waals surface area contributed by atoms with E-state index in [0.29, 0.717) is 26.0 Å². The average Bonchev–Trinajstić information content (AvgIpc) is 2.88. The molecule has 0 radical (unpaired) electrons. The van der Waals surface area contributed by atoms with Crippen LogP contribution in [0.3, 0.4) is 0 Å². The summed E-state index contributed by atoms with van der Waals surface area (Å²) in [6, 6.07) is 10.1. The largest absolute Gasteiger partial charge is 0.382 e. The summed E-state index contributed by atoms with van der Waals surface area (Å²) in [7, 11) is 0. The highest BCUT2D eigenvalue weighted by molar-refractivity contribution is 5.76. The summed E-state index contributed by atoms with van der Waals surface area (Å²) >= 11 is 0. The molecule has 0 spiro atoms. The van der Waals surface area contributed by atoms with Gasteiger partial charge in [-0.2, -0.15) is 5.10 Å².